The minimum atomic E-state index is -0.259. The van der Waals surface area contributed by atoms with Crippen LogP contribution in [0.1, 0.15) is 15.9 Å². The second-order valence-electron chi connectivity index (χ2n) is 3.90. The molecule has 0 saturated carbocycles. The lowest BCUT2D eigenvalue weighted by Crippen LogP contribution is -2.17. The van der Waals surface area contributed by atoms with E-state index in [1.165, 1.54) is 0 Å². The SMILES string of the molecule is O=C(N/N=C/c1cc(I)c(O)c(I)c1)c1ccccc1. The Labute approximate surface area is 143 Å². The Hall–Kier alpha value is -1.16. The fourth-order valence-electron chi connectivity index (χ4n) is 1.48. The predicted molar refractivity (Wildman–Crippen MR) is 95.0 cm³/mol. The van der Waals surface area contributed by atoms with E-state index in [1.807, 2.05) is 51.2 Å². The van der Waals surface area contributed by atoms with Gasteiger partial charge in [0.25, 0.3) is 5.91 Å². The second kappa shape index (κ2) is 7.02. The molecule has 0 unspecified atom stereocenters. The van der Waals surface area contributed by atoms with Crippen molar-refractivity contribution in [2.45, 2.75) is 0 Å². The van der Waals surface area contributed by atoms with Gasteiger partial charge in [0, 0.05) is 5.56 Å². The summed E-state index contributed by atoms with van der Waals surface area (Å²) in [6.45, 7) is 0. The largest absolute Gasteiger partial charge is 0.506 e. The molecule has 0 aliphatic carbocycles. The average Bonchev–Trinajstić information content (AvgIpc) is 2.45. The lowest BCUT2D eigenvalue weighted by atomic mass is 10.2. The summed E-state index contributed by atoms with van der Waals surface area (Å²) in [6, 6.07) is 12.5. The molecular weight excluding hydrogens is 482 g/mol. The third kappa shape index (κ3) is 3.92. The van der Waals surface area contributed by atoms with Gasteiger partial charge < -0.3 is 5.11 Å². The van der Waals surface area contributed by atoms with Crippen LogP contribution < -0.4 is 5.43 Å². The zero-order chi connectivity index (χ0) is 14.5. The van der Waals surface area contributed by atoms with Crippen LogP contribution in [0.25, 0.3) is 0 Å². The van der Waals surface area contributed by atoms with E-state index >= 15 is 0 Å². The number of benzene rings is 2. The first kappa shape index (κ1) is 15.2. The maximum Gasteiger partial charge on any atom is 0.271 e. The highest BCUT2D eigenvalue weighted by atomic mass is 127. The summed E-state index contributed by atoms with van der Waals surface area (Å²) in [5, 5.41) is 13.6. The highest BCUT2D eigenvalue weighted by Gasteiger charge is 2.05. The molecule has 0 heterocycles. The van der Waals surface area contributed by atoms with Crippen molar-refractivity contribution >= 4 is 57.3 Å². The molecule has 1 amide bonds. The van der Waals surface area contributed by atoms with Gasteiger partial charge in [-0.1, -0.05) is 18.2 Å². The van der Waals surface area contributed by atoms with E-state index in [4.69, 9.17) is 0 Å². The molecule has 0 spiro atoms. The van der Waals surface area contributed by atoms with Gasteiger partial charge in [0.2, 0.25) is 0 Å². The molecule has 0 aliphatic heterocycles. The monoisotopic (exact) mass is 492 g/mol. The van der Waals surface area contributed by atoms with Crippen LogP contribution in [0.5, 0.6) is 5.75 Å². The van der Waals surface area contributed by atoms with Crippen LogP contribution in [0.2, 0.25) is 0 Å². The Morgan fingerprint density at radius 1 is 1.15 bits per heavy atom. The molecule has 0 fully saturated rings. The number of carbonyl (C=O) groups is 1. The third-order valence-corrected chi connectivity index (χ3v) is 4.10. The fourth-order valence-corrected chi connectivity index (χ4v) is 3.30. The summed E-state index contributed by atoms with van der Waals surface area (Å²) in [4.78, 5) is 11.8. The number of nitrogens with zero attached hydrogens (tertiary/aromatic N) is 1. The molecule has 20 heavy (non-hydrogen) atoms. The molecule has 102 valence electrons. The number of carbonyl (C=O) groups excluding carboxylic acids is 1. The lowest BCUT2D eigenvalue weighted by molar-refractivity contribution is 0.0955. The second-order valence-corrected chi connectivity index (χ2v) is 6.22. The molecule has 2 rings (SSSR count). The van der Waals surface area contributed by atoms with Gasteiger partial charge in [-0.15, -0.1) is 0 Å². The highest BCUT2D eigenvalue weighted by Crippen LogP contribution is 2.26. The Kier molecular flexibility index (Phi) is 5.35. The number of hydrazone groups is 1. The normalized spacial score (nSPS) is 10.7. The van der Waals surface area contributed by atoms with Crippen LogP contribution in [0.4, 0.5) is 0 Å². The summed E-state index contributed by atoms with van der Waals surface area (Å²) in [5.74, 6) is 0.00157. The van der Waals surface area contributed by atoms with Crippen LogP contribution in [-0.2, 0) is 0 Å². The van der Waals surface area contributed by atoms with Crippen LogP contribution in [0.3, 0.4) is 0 Å². The first-order valence-electron chi connectivity index (χ1n) is 5.64. The molecule has 2 aromatic rings. The summed E-state index contributed by atoms with van der Waals surface area (Å²) < 4.78 is 1.48. The number of hydrogen-bond donors (Lipinski definition) is 2. The van der Waals surface area contributed by atoms with Gasteiger partial charge >= 0.3 is 0 Å². The minimum absolute atomic E-state index is 0.259. The molecule has 0 bridgehead atoms. The zero-order valence-electron chi connectivity index (χ0n) is 10.2. The van der Waals surface area contributed by atoms with Gasteiger partial charge in [-0.25, -0.2) is 5.43 Å². The predicted octanol–water partition coefficient (Wildman–Crippen LogP) is 3.37. The molecule has 2 aromatic carbocycles. The van der Waals surface area contributed by atoms with Gasteiger partial charge in [-0.05, 0) is 75.0 Å². The van der Waals surface area contributed by atoms with E-state index in [0.717, 1.165) is 12.7 Å². The van der Waals surface area contributed by atoms with Crippen molar-refractivity contribution < 1.29 is 9.90 Å². The first-order valence-corrected chi connectivity index (χ1v) is 7.80. The maximum atomic E-state index is 11.8. The van der Waals surface area contributed by atoms with E-state index in [2.05, 4.69) is 10.5 Å². The van der Waals surface area contributed by atoms with Gasteiger partial charge in [-0.3, -0.25) is 4.79 Å². The number of rotatable bonds is 3. The van der Waals surface area contributed by atoms with Gasteiger partial charge in [-0.2, -0.15) is 5.10 Å². The van der Waals surface area contributed by atoms with Crippen molar-refractivity contribution in [3.8, 4) is 5.75 Å². The van der Waals surface area contributed by atoms with Crippen molar-refractivity contribution in [1.29, 1.82) is 0 Å². The first-order chi connectivity index (χ1) is 9.58. The van der Waals surface area contributed by atoms with Gasteiger partial charge in [0.1, 0.15) is 5.75 Å². The molecule has 0 radical (unpaired) electrons. The summed E-state index contributed by atoms with van der Waals surface area (Å²) >= 11 is 4.09. The van der Waals surface area contributed by atoms with E-state index in [0.29, 0.717) is 5.56 Å². The van der Waals surface area contributed by atoms with Crippen molar-refractivity contribution in [1.82, 2.24) is 5.43 Å². The third-order valence-electron chi connectivity index (χ3n) is 2.45. The van der Waals surface area contributed by atoms with Crippen LogP contribution >= 0.6 is 45.2 Å². The number of phenolic OH excluding ortho intramolecular Hbond substituents is 1. The summed E-state index contributed by atoms with van der Waals surface area (Å²) in [6.07, 6.45) is 1.55. The Morgan fingerprint density at radius 3 is 2.35 bits per heavy atom. The van der Waals surface area contributed by atoms with E-state index < -0.39 is 0 Å². The molecular formula is C14H10I2N2O2. The van der Waals surface area contributed by atoms with E-state index in [9.17, 15) is 9.90 Å². The molecule has 0 atom stereocenters. The smallest absolute Gasteiger partial charge is 0.271 e. The number of amides is 1. The quantitative estimate of drug-likeness (QED) is 0.393. The Balaban J connectivity index is 2.06. The van der Waals surface area contributed by atoms with E-state index in [-0.39, 0.29) is 11.7 Å². The Morgan fingerprint density at radius 2 is 1.75 bits per heavy atom. The van der Waals surface area contributed by atoms with Crippen molar-refractivity contribution in [3.05, 3.63) is 60.7 Å². The number of nitrogens with one attached hydrogen (secondary N) is 1. The Bertz CT molecular complexity index is 634. The van der Waals surface area contributed by atoms with Crippen molar-refractivity contribution in [3.63, 3.8) is 0 Å². The maximum absolute atomic E-state index is 11.8. The number of halogens is 2. The molecule has 0 saturated heterocycles. The average molecular weight is 492 g/mol. The van der Waals surface area contributed by atoms with Gasteiger partial charge in [0.05, 0.1) is 13.4 Å². The molecule has 2 N–H and O–H groups in total. The number of aromatic hydroxyl groups is 1. The highest BCUT2D eigenvalue weighted by molar-refractivity contribution is 14.1. The van der Waals surface area contributed by atoms with Crippen LogP contribution in [0.15, 0.2) is 47.6 Å². The minimum Gasteiger partial charge on any atom is -0.506 e. The van der Waals surface area contributed by atoms with Gasteiger partial charge in [0.15, 0.2) is 0 Å². The molecule has 4 nitrogen and oxygen atoms in total. The van der Waals surface area contributed by atoms with Crippen LogP contribution in [0, 0.1) is 7.14 Å². The lowest BCUT2D eigenvalue weighted by Gasteiger charge is -2.02. The summed E-state index contributed by atoms with van der Waals surface area (Å²) in [7, 11) is 0. The number of hydrogen-bond acceptors (Lipinski definition) is 3. The standard InChI is InChI=1S/C14H10I2N2O2/c15-11-6-9(7-12(16)13(11)19)8-17-18-14(20)10-4-2-1-3-5-10/h1-8,19H,(H,18,20)/b17-8+. The van der Waals surface area contributed by atoms with Crippen molar-refractivity contribution in [2.75, 3.05) is 0 Å². The number of phenols is 1. The summed E-state index contributed by atoms with van der Waals surface area (Å²) in [5.41, 5.74) is 3.83. The van der Waals surface area contributed by atoms with E-state index in [1.54, 1.807) is 42.6 Å². The molecule has 0 aromatic heterocycles. The zero-order valence-corrected chi connectivity index (χ0v) is 14.5. The molecule has 6 heteroatoms. The van der Waals surface area contributed by atoms with Crippen molar-refractivity contribution in [2.24, 2.45) is 5.10 Å². The van der Waals surface area contributed by atoms with Crippen LogP contribution in [-0.4, -0.2) is 17.2 Å². The molecule has 0 aliphatic rings. The topological polar surface area (TPSA) is 61.7 Å². The fraction of sp³-hybridized carbons (Fsp3) is 0.